The van der Waals surface area contributed by atoms with Gasteiger partial charge in [0.2, 0.25) is 6.54 Å². The van der Waals surface area contributed by atoms with Crippen LogP contribution in [0.3, 0.4) is 0 Å². The van der Waals surface area contributed by atoms with Crippen LogP contribution in [0.5, 0.6) is 0 Å². The number of aromatic nitrogens is 1. The number of rotatable bonds is 3. The van der Waals surface area contributed by atoms with E-state index in [1.165, 1.54) is 11.3 Å². The summed E-state index contributed by atoms with van der Waals surface area (Å²) < 4.78 is 0. The fraction of sp³-hybridized carbons (Fsp3) is 0.500. The molecule has 0 saturated carbocycles. The molecule has 0 aliphatic carbocycles. The van der Waals surface area contributed by atoms with Crippen LogP contribution in [0.4, 0.5) is 0 Å². The number of nitro groups is 1. The zero-order valence-electron chi connectivity index (χ0n) is 6.11. The zero-order valence-corrected chi connectivity index (χ0v) is 6.93. The lowest BCUT2D eigenvalue weighted by molar-refractivity contribution is -0.479. The fourth-order valence-corrected chi connectivity index (χ4v) is 1.53. The predicted molar refractivity (Wildman–Crippen MR) is 42.4 cm³/mol. The zero-order chi connectivity index (χ0) is 8.27. The number of hydrogen-bond donors (Lipinski definition) is 0. The van der Waals surface area contributed by atoms with Gasteiger partial charge in [-0.3, -0.25) is 10.1 Å². The molecule has 11 heavy (non-hydrogen) atoms. The molecule has 1 aromatic rings. The van der Waals surface area contributed by atoms with Gasteiger partial charge in [-0.15, -0.1) is 11.3 Å². The van der Waals surface area contributed by atoms with Gasteiger partial charge in [-0.25, -0.2) is 4.98 Å². The van der Waals surface area contributed by atoms with E-state index in [0.29, 0.717) is 6.42 Å². The Bertz CT molecular complexity index is 259. The molecule has 0 fully saturated rings. The minimum absolute atomic E-state index is 0.00301. The molecule has 0 radical (unpaired) electrons. The molecule has 0 atom stereocenters. The van der Waals surface area contributed by atoms with Crippen LogP contribution in [-0.2, 0) is 6.42 Å². The smallest absolute Gasteiger partial charge is 0.208 e. The third kappa shape index (κ3) is 2.27. The molecule has 0 saturated heterocycles. The number of hydrogen-bond acceptors (Lipinski definition) is 4. The summed E-state index contributed by atoms with van der Waals surface area (Å²) in [6.07, 6.45) is 0.503. The monoisotopic (exact) mass is 172 g/mol. The summed E-state index contributed by atoms with van der Waals surface area (Å²) in [5.74, 6) is 0. The lowest BCUT2D eigenvalue weighted by Gasteiger charge is -1.91. The summed E-state index contributed by atoms with van der Waals surface area (Å²) in [6.45, 7) is 1.87. The molecule has 0 amide bonds. The van der Waals surface area contributed by atoms with Gasteiger partial charge in [0.25, 0.3) is 0 Å². The van der Waals surface area contributed by atoms with Gasteiger partial charge >= 0.3 is 0 Å². The van der Waals surface area contributed by atoms with Gasteiger partial charge in [-0.1, -0.05) is 0 Å². The van der Waals surface area contributed by atoms with E-state index in [4.69, 9.17) is 0 Å². The summed E-state index contributed by atoms with van der Waals surface area (Å²) in [7, 11) is 0. The second-order valence-corrected chi connectivity index (χ2v) is 3.11. The molecule has 0 aromatic carbocycles. The van der Waals surface area contributed by atoms with Crippen molar-refractivity contribution in [2.75, 3.05) is 6.54 Å². The van der Waals surface area contributed by atoms with Gasteiger partial charge in [-0.2, -0.15) is 0 Å². The second kappa shape index (κ2) is 3.43. The SMILES string of the molecule is Cc1ncsc1CC[N+](=O)[O-]. The number of thiazole rings is 1. The predicted octanol–water partition coefficient (Wildman–Crippen LogP) is 1.27. The highest BCUT2D eigenvalue weighted by atomic mass is 32.1. The van der Waals surface area contributed by atoms with Crippen molar-refractivity contribution in [2.24, 2.45) is 0 Å². The maximum absolute atomic E-state index is 10.00. The third-order valence-corrected chi connectivity index (χ3v) is 2.36. The molecule has 1 heterocycles. The van der Waals surface area contributed by atoms with E-state index < -0.39 is 0 Å². The average Bonchev–Trinajstić information content (AvgIpc) is 2.31. The van der Waals surface area contributed by atoms with E-state index in [0.717, 1.165) is 10.6 Å². The Labute approximate surface area is 68.0 Å². The first-order chi connectivity index (χ1) is 5.20. The van der Waals surface area contributed by atoms with Crippen LogP contribution in [0.25, 0.3) is 0 Å². The minimum Gasteiger partial charge on any atom is -0.265 e. The Morgan fingerprint density at radius 3 is 3.00 bits per heavy atom. The molecular weight excluding hydrogens is 164 g/mol. The molecule has 5 heteroatoms. The van der Waals surface area contributed by atoms with Crippen molar-refractivity contribution >= 4 is 11.3 Å². The number of aryl methyl sites for hydroxylation is 1. The molecule has 0 N–H and O–H groups in total. The normalized spacial score (nSPS) is 9.91. The molecule has 1 rings (SSSR count). The standard InChI is InChI=1S/C6H8N2O2S/c1-5-6(11-4-7-5)2-3-8(9)10/h4H,2-3H2,1H3. The van der Waals surface area contributed by atoms with Crippen LogP contribution >= 0.6 is 11.3 Å². The fourth-order valence-electron chi connectivity index (χ4n) is 0.759. The van der Waals surface area contributed by atoms with Crippen molar-refractivity contribution in [3.05, 3.63) is 26.2 Å². The largest absolute Gasteiger partial charge is 0.265 e. The molecule has 1 aromatic heterocycles. The number of nitrogens with zero attached hydrogens (tertiary/aromatic N) is 2. The molecular formula is C6H8N2O2S. The van der Waals surface area contributed by atoms with Crippen molar-refractivity contribution in [3.63, 3.8) is 0 Å². The maximum atomic E-state index is 10.00. The molecule has 0 spiro atoms. The summed E-state index contributed by atoms with van der Waals surface area (Å²) >= 11 is 1.48. The van der Waals surface area contributed by atoms with E-state index in [9.17, 15) is 10.1 Å². The lowest BCUT2D eigenvalue weighted by atomic mass is 10.3. The van der Waals surface area contributed by atoms with Crippen LogP contribution in [0.15, 0.2) is 5.51 Å². The van der Waals surface area contributed by atoms with Crippen molar-refractivity contribution in [1.29, 1.82) is 0 Å². The first-order valence-corrected chi connectivity index (χ1v) is 4.09. The Balaban J connectivity index is 2.51. The van der Waals surface area contributed by atoms with Crippen LogP contribution in [0.1, 0.15) is 10.6 Å². The van der Waals surface area contributed by atoms with E-state index >= 15 is 0 Å². The van der Waals surface area contributed by atoms with Gasteiger partial charge < -0.3 is 0 Å². The van der Waals surface area contributed by atoms with Crippen LogP contribution in [0.2, 0.25) is 0 Å². The Morgan fingerprint density at radius 1 is 1.82 bits per heavy atom. The Hall–Kier alpha value is -0.970. The van der Waals surface area contributed by atoms with Crippen molar-refractivity contribution in [3.8, 4) is 0 Å². The van der Waals surface area contributed by atoms with Gasteiger partial charge in [0, 0.05) is 16.2 Å². The van der Waals surface area contributed by atoms with Crippen molar-refractivity contribution in [2.45, 2.75) is 13.3 Å². The first-order valence-electron chi connectivity index (χ1n) is 3.21. The highest BCUT2D eigenvalue weighted by Gasteiger charge is 2.04. The molecule has 0 aliphatic heterocycles. The van der Waals surface area contributed by atoms with Crippen LogP contribution < -0.4 is 0 Å². The maximum Gasteiger partial charge on any atom is 0.208 e. The van der Waals surface area contributed by atoms with E-state index in [-0.39, 0.29) is 11.5 Å². The summed E-state index contributed by atoms with van der Waals surface area (Å²) in [4.78, 5) is 14.7. The topological polar surface area (TPSA) is 56.0 Å². The summed E-state index contributed by atoms with van der Waals surface area (Å²) in [5.41, 5.74) is 2.63. The summed E-state index contributed by atoms with van der Waals surface area (Å²) in [6, 6.07) is 0. The van der Waals surface area contributed by atoms with Crippen LogP contribution in [-0.4, -0.2) is 16.5 Å². The van der Waals surface area contributed by atoms with Crippen molar-refractivity contribution in [1.82, 2.24) is 4.98 Å². The van der Waals surface area contributed by atoms with E-state index in [1.54, 1.807) is 5.51 Å². The highest BCUT2D eigenvalue weighted by molar-refractivity contribution is 7.09. The summed E-state index contributed by atoms with van der Waals surface area (Å²) in [5, 5.41) is 10.00. The molecule has 0 aliphatic rings. The molecule has 0 bridgehead atoms. The second-order valence-electron chi connectivity index (χ2n) is 2.17. The first kappa shape index (κ1) is 8.13. The van der Waals surface area contributed by atoms with Gasteiger partial charge in [-0.05, 0) is 6.92 Å². The Kier molecular flexibility index (Phi) is 2.53. The van der Waals surface area contributed by atoms with Gasteiger partial charge in [0.1, 0.15) is 0 Å². The highest BCUT2D eigenvalue weighted by Crippen LogP contribution is 2.12. The molecule has 4 nitrogen and oxygen atoms in total. The third-order valence-electron chi connectivity index (χ3n) is 1.37. The van der Waals surface area contributed by atoms with Crippen molar-refractivity contribution < 1.29 is 4.92 Å². The van der Waals surface area contributed by atoms with Gasteiger partial charge in [0.05, 0.1) is 11.2 Å². The van der Waals surface area contributed by atoms with Gasteiger partial charge in [0.15, 0.2) is 0 Å². The van der Waals surface area contributed by atoms with E-state index in [1.807, 2.05) is 6.92 Å². The average molecular weight is 172 g/mol. The Morgan fingerprint density at radius 2 is 2.55 bits per heavy atom. The quantitative estimate of drug-likeness (QED) is 0.509. The van der Waals surface area contributed by atoms with E-state index in [2.05, 4.69) is 4.98 Å². The molecule has 60 valence electrons. The minimum atomic E-state index is -0.306. The van der Waals surface area contributed by atoms with Crippen LogP contribution in [0, 0.1) is 17.0 Å². The molecule has 0 unspecified atom stereocenters. The lowest BCUT2D eigenvalue weighted by Crippen LogP contribution is -2.03.